The van der Waals surface area contributed by atoms with Crippen LogP contribution >= 0.6 is 11.8 Å². The van der Waals surface area contributed by atoms with E-state index in [4.69, 9.17) is 4.74 Å². The zero-order valence-corrected chi connectivity index (χ0v) is 16.0. The molecular weight excluding hydrogens is 328 g/mol. The summed E-state index contributed by atoms with van der Waals surface area (Å²) in [7, 11) is 0. The predicted octanol–water partition coefficient (Wildman–Crippen LogP) is 6.27. The molecule has 0 radical (unpaired) electrons. The standard InChI is InChI=1S/C21H24N2OS/c1-5-22-17-7-9-19-16(13-17)6-11-21(23-19)24-20-10-8-18(12-15(20)4)25-14(2)3/h6-14,22H,5H2,1-4H3. The fourth-order valence-electron chi connectivity index (χ4n) is 2.67. The van der Waals surface area contributed by atoms with Crippen LogP contribution in [0.3, 0.4) is 0 Å². The van der Waals surface area contributed by atoms with Crippen LogP contribution in [-0.2, 0) is 0 Å². The number of aromatic nitrogens is 1. The Morgan fingerprint density at radius 1 is 1.08 bits per heavy atom. The zero-order valence-electron chi connectivity index (χ0n) is 15.2. The van der Waals surface area contributed by atoms with Crippen LogP contribution in [0.15, 0.2) is 53.4 Å². The molecule has 0 atom stereocenters. The van der Waals surface area contributed by atoms with Crippen molar-refractivity contribution in [3.63, 3.8) is 0 Å². The average Bonchev–Trinajstić information content (AvgIpc) is 2.57. The molecular formula is C21H24N2OS. The smallest absolute Gasteiger partial charge is 0.219 e. The van der Waals surface area contributed by atoms with E-state index < -0.39 is 0 Å². The van der Waals surface area contributed by atoms with Crippen molar-refractivity contribution in [1.82, 2.24) is 4.98 Å². The van der Waals surface area contributed by atoms with E-state index in [9.17, 15) is 0 Å². The molecule has 3 nitrogen and oxygen atoms in total. The van der Waals surface area contributed by atoms with Crippen molar-refractivity contribution < 1.29 is 4.74 Å². The van der Waals surface area contributed by atoms with Crippen molar-refractivity contribution in [1.29, 1.82) is 0 Å². The summed E-state index contributed by atoms with van der Waals surface area (Å²) in [4.78, 5) is 5.89. The van der Waals surface area contributed by atoms with Crippen LogP contribution in [0.2, 0.25) is 0 Å². The van der Waals surface area contributed by atoms with E-state index in [-0.39, 0.29) is 0 Å². The SMILES string of the molecule is CCNc1ccc2nc(Oc3ccc(SC(C)C)cc3C)ccc2c1. The van der Waals surface area contributed by atoms with Gasteiger partial charge >= 0.3 is 0 Å². The second-order valence-corrected chi connectivity index (χ2v) is 7.93. The fourth-order valence-corrected chi connectivity index (χ4v) is 3.61. The molecule has 0 aliphatic carbocycles. The lowest BCUT2D eigenvalue weighted by molar-refractivity contribution is 0.461. The molecule has 0 aliphatic rings. The molecule has 2 aromatic carbocycles. The van der Waals surface area contributed by atoms with Crippen LogP contribution in [0.25, 0.3) is 10.9 Å². The largest absolute Gasteiger partial charge is 0.439 e. The number of nitrogens with one attached hydrogen (secondary N) is 1. The fraction of sp³-hybridized carbons (Fsp3) is 0.286. The van der Waals surface area contributed by atoms with Gasteiger partial charge in [-0.3, -0.25) is 0 Å². The number of nitrogens with zero attached hydrogens (tertiary/aromatic N) is 1. The van der Waals surface area contributed by atoms with Crippen molar-refractivity contribution in [2.45, 2.75) is 37.8 Å². The zero-order chi connectivity index (χ0) is 17.8. The number of rotatable bonds is 6. The molecule has 0 spiro atoms. The number of ether oxygens (including phenoxy) is 1. The second-order valence-electron chi connectivity index (χ2n) is 6.28. The van der Waals surface area contributed by atoms with Gasteiger partial charge in [0.15, 0.2) is 0 Å². The third-order valence-corrected chi connectivity index (χ3v) is 4.77. The molecule has 25 heavy (non-hydrogen) atoms. The minimum absolute atomic E-state index is 0.570. The summed E-state index contributed by atoms with van der Waals surface area (Å²) in [6.07, 6.45) is 0. The van der Waals surface area contributed by atoms with Crippen LogP contribution < -0.4 is 10.1 Å². The van der Waals surface area contributed by atoms with Crippen LogP contribution in [0, 0.1) is 6.92 Å². The first kappa shape index (κ1) is 17.6. The molecule has 0 fully saturated rings. The molecule has 0 saturated heterocycles. The maximum Gasteiger partial charge on any atom is 0.219 e. The van der Waals surface area contributed by atoms with Crippen molar-refractivity contribution in [3.8, 4) is 11.6 Å². The normalized spacial score (nSPS) is 11.1. The molecule has 3 rings (SSSR count). The van der Waals surface area contributed by atoms with Gasteiger partial charge in [-0.2, -0.15) is 0 Å². The van der Waals surface area contributed by atoms with Gasteiger partial charge in [0.2, 0.25) is 5.88 Å². The lowest BCUT2D eigenvalue weighted by atomic mass is 10.2. The van der Waals surface area contributed by atoms with E-state index >= 15 is 0 Å². The Morgan fingerprint density at radius 2 is 1.92 bits per heavy atom. The number of hydrogen-bond acceptors (Lipinski definition) is 4. The molecule has 0 bridgehead atoms. The predicted molar refractivity (Wildman–Crippen MR) is 108 cm³/mol. The lowest BCUT2D eigenvalue weighted by Crippen LogP contribution is -1.96. The monoisotopic (exact) mass is 352 g/mol. The number of fused-ring (bicyclic) bond motifs is 1. The molecule has 1 heterocycles. The Balaban J connectivity index is 1.81. The van der Waals surface area contributed by atoms with E-state index in [2.05, 4.69) is 62.3 Å². The Bertz CT molecular complexity index is 877. The number of aryl methyl sites for hydroxylation is 1. The number of thioether (sulfide) groups is 1. The van der Waals surface area contributed by atoms with Crippen LogP contribution in [0.1, 0.15) is 26.3 Å². The molecule has 0 saturated carbocycles. The Labute approximate surface area is 153 Å². The molecule has 1 N–H and O–H groups in total. The lowest BCUT2D eigenvalue weighted by Gasteiger charge is -2.11. The number of hydrogen-bond donors (Lipinski definition) is 1. The first-order chi connectivity index (χ1) is 12.0. The number of pyridine rings is 1. The summed E-state index contributed by atoms with van der Waals surface area (Å²) in [6.45, 7) is 9.47. The maximum atomic E-state index is 6.02. The maximum absolute atomic E-state index is 6.02. The van der Waals surface area contributed by atoms with Crippen molar-refractivity contribution in [2.75, 3.05) is 11.9 Å². The van der Waals surface area contributed by atoms with E-state index in [1.54, 1.807) is 0 Å². The molecule has 1 aromatic heterocycles. The number of benzene rings is 2. The average molecular weight is 353 g/mol. The van der Waals surface area contributed by atoms with Gasteiger partial charge < -0.3 is 10.1 Å². The molecule has 0 aliphatic heterocycles. The summed E-state index contributed by atoms with van der Waals surface area (Å²) < 4.78 is 6.02. The third-order valence-electron chi connectivity index (χ3n) is 3.78. The van der Waals surface area contributed by atoms with Crippen molar-refractivity contribution in [3.05, 3.63) is 54.1 Å². The first-order valence-corrected chi connectivity index (χ1v) is 9.53. The molecule has 0 unspecified atom stereocenters. The summed E-state index contributed by atoms with van der Waals surface area (Å²) in [5, 5.41) is 4.99. The summed E-state index contributed by atoms with van der Waals surface area (Å²) >= 11 is 1.86. The van der Waals surface area contributed by atoms with E-state index in [0.29, 0.717) is 11.1 Å². The van der Waals surface area contributed by atoms with Gasteiger partial charge in [0.25, 0.3) is 0 Å². The summed E-state index contributed by atoms with van der Waals surface area (Å²) in [5.74, 6) is 1.47. The molecule has 130 valence electrons. The first-order valence-electron chi connectivity index (χ1n) is 8.65. The summed E-state index contributed by atoms with van der Waals surface area (Å²) in [6, 6.07) is 16.5. The van der Waals surface area contributed by atoms with E-state index in [0.717, 1.165) is 34.4 Å². The number of anilines is 1. The highest BCUT2D eigenvalue weighted by Gasteiger charge is 2.07. The Hall–Kier alpha value is -2.20. The third kappa shape index (κ3) is 4.45. The van der Waals surface area contributed by atoms with Crippen molar-refractivity contribution >= 4 is 28.4 Å². The van der Waals surface area contributed by atoms with Gasteiger partial charge in [-0.15, -0.1) is 11.8 Å². The highest BCUT2D eigenvalue weighted by molar-refractivity contribution is 7.99. The van der Waals surface area contributed by atoms with Gasteiger partial charge in [0.1, 0.15) is 5.75 Å². The topological polar surface area (TPSA) is 34.2 Å². The minimum Gasteiger partial charge on any atom is -0.439 e. The van der Waals surface area contributed by atoms with E-state index in [1.165, 1.54) is 4.90 Å². The van der Waals surface area contributed by atoms with E-state index in [1.807, 2.05) is 36.0 Å². The van der Waals surface area contributed by atoms with Crippen LogP contribution in [-0.4, -0.2) is 16.8 Å². The molecule has 0 amide bonds. The second kappa shape index (κ2) is 7.79. The van der Waals surface area contributed by atoms with Gasteiger partial charge in [-0.25, -0.2) is 4.98 Å². The summed E-state index contributed by atoms with van der Waals surface area (Å²) in [5.41, 5.74) is 3.17. The van der Waals surface area contributed by atoms with Gasteiger partial charge in [0, 0.05) is 33.8 Å². The van der Waals surface area contributed by atoms with Crippen LogP contribution in [0.5, 0.6) is 11.6 Å². The van der Waals surface area contributed by atoms with Crippen LogP contribution in [0.4, 0.5) is 5.69 Å². The minimum atomic E-state index is 0.570. The van der Waals surface area contributed by atoms with Crippen molar-refractivity contribution in [2.24, 2.45) is 0 Å². The Morgan fingerprint density at radius 3 is 2.64 bits per heavy atom. The van der Waals surface area contributed by atoms with Gasteiger partial charge in [-0.1, -0.05) is 13.8 Å². The van der Waals surface area contributed by atoms with Gasteiger partial charge in [0.05, 0.1) is 5.52 Å². The molecule has 4 heteroatoms. The van der Waals surface area contributed by atoms with Gasteiger partial charge in [-0.05, 0) is 61.9 Å². The quantitative estimate of drug-likeness (QED) is 0.530. The highest BCUT2D eigenvalue weighted by atomic mass is 32.2. The Kier molecular flexibility index (Phi) is 5.49. The highest BCUT2D eigenvalue weighted by Crippen LogP contribution is 2.31. The molecule has 3 aromatic rings.